The zero-order valence-corrected chi connectivity index (χ0v) is 12.1. The predicted molar refractivity (Wildman–Crippen MR) is 76.4 cm³/mol. The van der Waals surface area contributed by atoms with E-state index in [4.69, 9.17) is 5.11 Å². The van der Waals surface area contributed by atoms with Gasteiger partial charge in [-0.2, -0.15) is 0 Å². The van der Waals surface area contributed by atoms with E-state index in [1.54, 1.807) is 6.92 Å². The largest absolute Gasteiger partial charge is 0.478 e. The Labute approximate surface area is 120 Å². The maximum Gasteiger partial charge on any atom is 0.335 e. The Kier molecular flexibility index (Phi) is 2.78. The molecule has 1 aliphatic heterocycles. The molecule has 1 unspecified atom stereocenters. The van der Waals surface area contributed by atoms with E-state index in [0.717, 1.165) is 0 Å². The summed E-state index contributed by atoms with van der Waals surface area (Å²) in [5, 5.41) is 8.97. The minimum atomic E-state index is -3.15. The molecule has 0 spiro atoms. The first-order valence-electron chi connectivity index (χ1n) is 6.41. The van der Waals surface area contributed by atoms with E-state index in [-0.39, 0.29) is 17.1 Å². The highest BCUT2D eigenvalue weighted by Crippen LogP contribution is 2.32. The lowest BCUT2D eigenvalue weighted by atomic mass is 10.0. The van der Waals surface area contributed by atoms with Crippen LogP contribution in [-0.4, -0.2) is 40.6 Å². The monoisotopic (exact) mass is 310 g/mol. The standard InChI is InChI=1S/C13H14N2O5S/c1-13(4-5-21(19,20)7-13)15-10-3-2-8(11(16)17)6-9(10)14-12(15)18/h2-3,6H,4-5,7H2,1H3,(H,14,18)(H,16,17). The van der Waals surface area contributed by atoms with Crippen molar-refractivity contribution in [2.45, 2.75) is 18.9 Å². The highest BCUT2D eigenvalue weighted by molar-refractivity contribution is 7.91. The van der Waals surface area contributed by atoms with Crippen molar-refractivity contribution in [3.8, 4) is 0 Å². The second kappa shape index (κ2) is 4.20. The van der Waals surface area contributed by atoms with Crippen LogP contribution in [0.15, 0.2) is 23.0 Å². The Bertz CT molecular complexity index is 908. The van der Waals surface area contributed by atoms with Crippen LogP contribution >= 0.6 is 0 Å². The summed E-state index contributed by atoms with van der Waals surface area (Å²) in [4.78, 5) is 25.8. The van der Waals surface area contributed by atoms with Crippen molar-refractivity contribution < 1.29 is 18.3 Å². The number of H-pyrrole nitrogens is 1. The number of carbonyl (C=O) groups is 1. The molecular weight excluding hydrogens is 296 g/mol. The molecule has 1 atom stereocenters. The number of rotatable bonds is 2. The Morgan fingerprint density at radius 1 is 1.43 bits per heavy atom. The van der Waals surface area contributed by atoms with Crippen molar-refractivity contribution in [3.63, 3.8) is 0 Å². The first kappa shape index (κ1) is 13.9. The number of aromatic amines is 1. The van der Waals surface area contributed by atoms with Crippen LogP contribution in [0.4, 0.5) is 0 Å². The van der Waals surface area contributed by atoms with Crippen LogP contribution in [0.3, 0.4) is 0 Å². The highest BCUT2D eigenvalue weighted by Gasteiger charge is 2.41. The number of aromatic carboxylic acids is 1. The zero-order valence-electron chi connectivity index (χ0n) is 11.3. The van der Waals surface area contributed by atoms with Gasteiger partial charge in [-0.3, -0.25) is 4.57 Å². The number of imidazole rings is 1. The molecule has 0 radical (unpaired) electrons. The zero-order chi connectivity index (χ0) is 15.4. The summed E-state index contributed by atoms with van der Waals surface area (Å²) in [6.07, 6.45) is 0.364. The van der Waals surface area contributed by atoms with E-state index in [2.05, 4.69) is 4.98 Å². The summed E-state index contributed by atoms with van der Waals surface area (Å²) in [5.74, 6) is -1.12. The third-order valence-electron chi connectivity index (χ3n) is 3.95. The number of benzene rings is 1. The third kappa shape index (κ3) is 2.15. The molecule has 112 valence electrons. The molecule has 2 heterocycles. The summed E-state index contributed by atoms with van der Waals surface area (Å²) in [6.45, 7) is 1.73. The summed E-state index contributed by atoms with van der Waals surface area (Å²) >= 11 is 0. The van der Waals surface area contributed by atoms with E-state index in [1.165, 1.54) is 22.8 Å². The van der Waals surface area contributed by atoms with Gasteiger partial charge in [0.15, 0.2) is 9.84 Å². The number of hydrogen-bond acceptors (Lipinski definition) is 4. The molecule has 1 aromatic heterocycles. The molecule has 0 saturated carbocycles. The smallest absolute Gasteiger partial charge is 0.335 e. The fourth-order valence-corrected chi connectivity index (χ4v) is 5.07. The minimum Gasteiger partial charge on any atom is -0.478 e. The molecule has 0 bridgehead atoms. The van der Waals surface area contributed by atoms with E-state index >= 15 is 0 Å². The SMILES string of the molecule is CC1(n2c(=O)[nH]c3cc(C(=O)O)ccc32)CCS(=O)(=O)C1. The van der Waals surface area contributed by atoms with E-state index in [9.17, 15) is 18.0 Å². The lowest BCUT2D eigenvalue weighted by molar-refractivity contribution is 0.0697. The molecule has 0 aliphatic carbocycles. The maximum absolute atomic E-state index is 12.2. The van der Waals surface area contributed by atoms with Crippen LogP contribution in [0.5, 0.6) is 0 Å². The lowest BCUT2D eigenvalue weighted by Crippen LogP contribution is -2.38. The average Bonchev–Trinajstić information content (AvgIpc) is 2.84. The van der Waals surface area contributed by atoms with Crippen molar-refractivity contribution in [1.82, 2.24) is 9.55 Å². The van der Waals surface area contributed by atoms with Gasteiger partial charge >= 0.3 is 11.7 Å². The van der Waals surface area contributed by atoms with Gasteiger partial charge in [-0.1, -0.05) is 0 Å². The van der Waals surface area contributed by atoms with Gasteiger partial charge in [-0.25, -0.2) is 18.0 Å². The van der Waals surface area contributed by atoms with Crippen molar-refractivity contribution >= 4 is 26.8 Å². The van der Waals surface area contributed by atoms with Gasteiger partial charge < -0.3 is 10.1 Å². The van der Waals surface area contributed by atoms with Crippen molar-refractivity contribution in [1.29, 1.82) is 0 Å². The van der Waals surface area contributed by atoms with E-state index in [1.807, 2.05) is 0 Å². The number of nitrogens with zero attached hydrogens (tertiary/aromatic N) is 1. The topological polar surface area (TPSA) is 109 Å². The Morgan fingerprint density at radius 3 is 2.71 bits per heavy atom. The number of carboxylic acid groups (broad SMARTS) is 1. The summed E-state index contributed by atoms with van der Waals surface area (Å²) < 4.78 is 24.9. The predicted octanol–water partition coefficient (Wildman–Crippen LogP) is 0.562. The van der Waals surface area contributed by atoms with Crippen LogP contribution in [0.25, 0.3) is 11.0 Å². The molecule has 3 rings (SSSR count). The second-order valence-electron chi connectivity index (χ2n) is 5.64. The quantitative estimate of drug-likeness (QED) is 0.842. The fraction of sp³-hybridized carbons (Fsp3) is 0.385. The van der Waals surface area contributed by atoms with E-state index in [0.29, 0.717) is 17.5 Å². The van der Waals surface area contributed by atoms with Crippen molar-refractivity contribution in [3.05, 3.63) is 34.2 Å². The third-order valence-corrected chi connectivity index (χ3v) is 5.84. The van der Waals surface area contributed by atoms with Gasteiger partial charge in [0.1, 0.15) is 0 Å². The molecule has 2 aromatic rings. The molecule has 1 aliphatic rings. The van der Waals surface area contributed by atoms with Crippen LogP contribution in [0.2, 0.25) is 0 Å². The molecule has 7 nitrogen and oxygen atoms in total. The molecule has 1 fully saturated rings. The number of fused-ring (bicyclic) bond motifs is 1. The van der Waals surface area contributed by atoms with E-state index < -0.39 is 27.0 Å². The summed E-state index contributed by atoms with van der Waals surface area (Å²) in [7, 11) is -3.15. The van der Waals surface area contributed by atoms with Gasteiger partial charge in [0.25, 0.3) is 0 Å². The number of carboxylic acids is 1. The molecule has 0 amide bonds. The Balaban J connectivity index is 2.22. The van der Waals surface area contributed by atoms with Crippen LogP contribution < -0.4 is 5.69 Å². The van der Waals surface area contributed by atoms with Gasteiger partial charge in [0, 0.05) is 0 Å². The Hall–Kier alpha value is -2.09. The second-order valence-corrected chi connectivity index (χ2v) is 7.83. The molecular formula is C13H14N2O5S. The summed E-state index contributed by atoms with van der Waals surface area (Å²) in [6, 6.07) is 4.32. The van der Waals surface area contributed by atoms with Crippen molar-refractivity contribution in [2.75, 3.05) is 11.5 Å². The molecule has 8 heteroatoms. The highest BCUT2D eigenvalue weighted by atomic mass is 32.2. The van der Waals surface area contributed by atoms with Gasteiger partial charge in [-0.15, -0.1) is 0 Å². The number of nitrogens with one attached hydrogen (secondary N) is 1. The van der Waals surface area contributed by atoms with Crippen LogP contribution in [-0.2, 0) is 15.4 Å². The number of aromatic nitrogens is 2. The molecule has 1 aromatic carbocycles. The molecule has 1 saturated heterocycles. The molecule has 2 N–H and O–H groups in total. The van der Waals surface area contributed by atoms with Crippen LogP contribution in [0.1, 0.15) is 23.7 Å². The van der Waals surface area contributed by atoms with Gasteiger partial charge in [0.2, 0.25) is 0 Å². The van der Waals surface area contributed by atoms with Crippen molar-refractivity contribution in [2.24, 2.45) is 0 Å². The fourth-order valence-electron chi connectivity index (χ4n) is 2.95. The first-order valence-corrected chi connectivity index (χ1v) is 8.23. The first-order chi connectivity index (χ1) is 9.72. The van der Waals surface area contributed by atoms with Crippen LogP contribution in [0, 0.1) is 0 Å². The maximum atomic E-state index is 12.2. The average molecular weight is 310 g/mol. The van der Waals surface area contributed by atoms with Gasteiger partial charge in [-0.05, 0) is 31.5 Å². The normalized spacial score (nSPS) is 24.4. The summed E-state index contributed by atoms with van der Waals surface area (Å²) in [5.41, 5.74) is -0.249. The number of hydrogen-bond donors (Lipinski definition) is 2. The minimum absolute atomic E-state index is 0.0514. The van der Waals surface area contributed by atoms with Gasteiger partial charge in [0.05, 0.1) is 33.6 Å². The molecule has 21 heavy (non-hydrogen) atoms. The Morgan fingerprint density at radius 2 is 2.14 bits per heavy atom. The number of sulfone groups is 1. The lowest BCUT2D eigenvalue weighted by Gasteiger charge is -2.24.